The fraction of sp³-hybridized carbons (Fsp3) is 0.355. The number of likely N-dealkylation sites (tertiary alicyclic amines) is 1. The van der Waals surface area contributed by atoms with E-state index < -0.39 is 0 Å². The lowest BCUT2D eigenvalue weighted by molar-refractivity contribution is -0.128. The quantitative estimate of drug-likeness (QED) is 0.251. The maximum atomic E-state index is 12.9. The van der Waals surface area contributed by atoms with E-state index in [1.807, 2.05) is 35.2 Å². The van der Waals surface area contributed by atoms with Gasteiger partial charge >= 0.3 is 0 Å². The number of nitrogens with zero attached hydrogens (tertiary/aromatic N) is 3. The van der Waals surface area contributed by atoms with Crippen molar-refractivity contribution >= 4 is 16.9 Å². The van der Waals surface area contributed by atoms with Crippen LogP contribution >= 0.6 is 0 Å². The number of unbranched alkanes of at least 4 members (excludes halogenated alkanes) is 1. The van der Waals surface area contributed by atoms with E-state index in [4.69, 9.17) is 14.5 Å². The number of hydrogen-bond acceptors (Lipinski definition) is 4. The van der Waals surface area contributed by atoms with Gasteiger partial charge in [0.05, 0.1) is 24.8 Å². The lowest BCUT2D eigenvalue weighted by atomic mass is 10.1. The molecule has 1 unspecified atom stereocenters. The number of hydrogen-bond donors (Lipinski definition) is 0. The summed E-state index contributed by atoms with van der Waals surface area (Å²) in [7, 11) is 1.66. The first-order chi connectivity index (χ1) is 18.0. The molecule has 1 aliphatic heterocycles. The smallest absolute Gasteiger partial charge is 0.223 e. The molecule has 0 N–H and O–H groups in total. The van der Waals surface area contributed by atoms with E-state index in [1.54, 1.807) is 7.11 Å². The van der Waals surface area contributed by atoms with Crippen molar-refractivity contribution in [2.75, 3.05) is 20.3 Å². The highest BCUT2D eigenvalue weighted by Crippen LogP contribution is 2.32. The Morgan fingerprint density at radius 3 is 2.46 bits per heavy atom. The van der Waals surface area contributed by atoms with Crippen molar-refractivity contribution in [1.29, 1.82) is 0 Å². The summed E-state index contributed by atoms with van der Waals surface area (Å²) < 4.78 is 13.6. The van der Waals surface area contributed by atoms with Crippen LogP contribution in [0.2, 0.25) is 0 Å². The minimum absolute atomic E-state index is 0.0877. The summed E-state index contributed by atoms with van der Waals surface area (Å²) in [5.74, 6) is 3.04. The number of methoxy groups -OCH3 is 1. The Kier molecular flexibility index (Phi) is 7.45. The van der Waals surface area contributed by atoms with Crippen LogP contribution in [-0.2, 0) is 17.9 Å². The van der Waals surface area contributed by atoms with Gasteiger partial charge in [0, 0.05) is 32.0 Å². The van der Waals surface area contributed by atoms with E-state index in [9.17, 15) is 4.79 Å². The van der Waals surface area contributed by atoms with Gasteiger partial charge in [-0.2, -0.15) is 0 Å². The van der Waals surface area contributed by atoms with Gasteiger partial charge in [-0.3, -0.25) is 4.79 Å². The van der Waals surface area contributed by atoms with E-state index in [1.165, 1.54) is 11.1 Å². The first-order valence-corrected chi connectivity index (χ1v) is 13.1. The van der Waals surface area contributed by atoms with Crippen LogP contribution in [0, 0.1) is 13.8 Å². The van der Waals surface area contributed by atoms with Crippen molar-refractivity contribution in [3.63, 3.8) is 0 Å². The molecule has 1 fully saturated rings. The normalized spacial score (nSPS) is 15.5. The van der Waals surface area contributed by atoms with Gasteiger partial charge in [0.2, 0.25) is 5.91 Å². The summed E-state index contributed by atoms with van der Waals surface area (Å²) in [4.78, 5) is 19.9. The predicted octanol–water partition coefficient (Wildman–Crippen LogP) is 6.04. The summed E-state index contributed by atoms with van der Waals surface area (Å²) in [6, 6.07) is 22.5. The number of carbonyl (C=O) groups is 1. The third-order valence-electron chi connectivity index (χ3n) is 7.04. The molecule has 1 saturated heterocycles. The van der Waals surface area contributed by atoms with Crippen LogP contribution in [0.5, 0.6) is 11.5 Å². The van der Waals surface area contributed by atoms with Crippen LogP contribution in [0.25, 0.3) is 11.0 Å². The molecule has 6 nitrogen and oxygen atoms in total. The van der Waals surface area contributed by atoms with E-state index >= 15 is 0 Å². The SMILES string of the molecule is COc1ccc(CN2CC(c3nc4ccccc4n3CCCCOc3cc(C)cc(C)c3)CC2=O)cc1. The van der Waals surface area contributed by atoms with Gasteiger partial charge in [-0.25, -0.2) is 4.98 Å². The van der Waals surface area contributed by atoms with Crippen LogP contribution in [0.15, 0.2) is 66.7 Å². The Bertz CT molecular complexity index is 1360. The van der Waals surface area contributed by atoms with Crippen LogP contribution in [0.3, 0.4) is 0 Å². The zero-order chi connectivity index (χ0) is 25.8. The molecule has 4 aromatic rings. The first kappa shape index (κ1) is 24.9. The Labute approximate surface area is 218 Å². The molecule has 1 atom stereocenters. The predicted molar refractivity (Wildman–Crippen MR) is 146 cm³/mol. The molecule has 37 heavy (non-hydrogen) atoms. The third kappa shape index (κ3) is 5.79. The molecule has 192 valence electrons. The maximum Gasteiger partial charge on any atom is 0.223 e. The molecule has 2 heterocycles. The minimum atomic E-state index is 0.0877. The molecule has 0 saturated carbocycles. The standard InChI is InChI=1S/C31H35N3O3/c1-22-16-23(2)18-27(17-22)37-15-7-6-14-34-29-9-5-4-8-28(29)32-31(34)25-19-30(35)33(21-25)20-24-10-12-26(36-3)13-11-24/h4-5,8-13,16-18,25H,6-7,14-15,19-21H2,1-3H3. The van der Waals surface area contributed by atoms with Gasteiger partial charge < -0.3 is 18.9 Å². The number of benzene rings is 3. The second kappa shape index (κ2) is 11.1. The average molecular weight is 498 g/mol. The molecular formula is C31H35N3O3. The molecule has 6 heteroatoms. The van der Waals surface area contributed by atoms with E-state index in [0.29, 0.717) is 26.1 Å². The summed E-state index contributed by atoms with van der Waals surface area (Å²) >= 11 is 0. The summed E-state index contributed by atoms with van der Waals surface area (Å²) in [6.07, 6.45) is 2.43. The minimum Gasteiger partial charge on any atom is -0.497 e. The van der Waals surface area contributed by atoms with Gasteiger partial charge in [0.1, 0.15) is 17.3 Å². The molecule has 5 rings (SSSR count). The van der Waals surface area contributed by atoms with Crippen molar-refractivity contribution in [2.45, 2.75) is 52.1 Å². The number of rotatable bonds is 10. The average Bonchev–Trinajstić information content (AvgIpc) is 3.44. The van der Waals surface area contributed by atoms with Gasteiger partial charge in [0.15, 0.2) is 0 Å². The summed E-state index contributed by atoms with van der Waals surface area (Å²) in [5.41, 5.74) is 5.67. The molecule has 0 aliphatic carbocycles. The molecule has 1 aliphatic rings. The van der Waals surface area contributed by atoms with Crippen LogP contribution < -0.4 is 9.47 Å². The Hall–Kier alpha value is -3.80. The second-order valence-electron chi connectivity index (χ2n) is 10.0. The van der Waals surface area contributed by atoms with Crippen LogP contribution in [0.4, 0.5) is 0 Å². The molecule has 1 aromatic heterocycles. The fourth-order valence-electron chi connectivity index (χ4n) is 5.27. The zero-order valence-corrected chi connectivity index (χ0v) is 21.9. The molecule has 3 aromatic carbocycles. The number of fused-ring (bicyclic) bond motifs is 1. The molecule has 0 spiro atoms. The molecule has 0 bridgehead atoms. The number of para-hydroxylation sites is 2. The van der Waals surface area contributed by atoms with Crippen molar-refractivity contribution in [3.8, 4) is 11.5 Å². The Balaban J connectivity index is 1.25. The van der Waals surface area contributed by atoms with Crippen molar-refractivity contribution < 1.29 is 14.3 Å². The first-order valence-electron chi connectivity index (χ1n) is 13.1. The Morgan fingerprint density at radius 2 is 1.70 bits per heavy atom. The van der Waals surface area contributed by atoms with Crippen molar-refractivity contribution in [3.05, 3.63) is 89.2 Å². The number of ether oxygens (including phenoxy) is 2. The summed E-state index contributed by atoms with van der Waals surface area (Å²) in [5, 5.41) is 0. The van der Waals surface area contributed by atoms with E-state index in [2.05, 4.69) is 54.8 Å². The fourth-order valence-corrected chi connectivity index (χ4v) is 5.27. The Morgan fingerprint density at radius 1 is 0.946 bits per heavy atom. The number of imidazole rings is 1. The number of amides is 1. The summed E-state index contributed by atoms with van der Waals surface area (Å²) in [6.45, 7) is 7.02. The van der Waals surface area contributed by atoms with Gasteiger partial charge in [-0.1, -0.05) is 30.3 Å². The largest absolute Gasteiger partial charge is 0.497 e. The monoisotopic (exact) mass is 497 g/mol. The second-order valence-corrected chi connectivity index (χ2v) is 10.0. The lowest BCUT2D eigenvalue weighted by Gasteiger charge is -2.18. The highest BCUT2D eigenvalue weighted by atomic mass is 16.5. The molecule has 1 amide bonds. The number of carbonyl (C=O) groups excluding carboxylic acids is 1. The molecular weight excluding hydrogens is 462 g/mol. The maximum absolute atomic E-state index is 12.9. The van der Waals surface area contributed by atoms with Crippen LogP contribution in [-0.4, -0.2) is 40.6 Å². The number of aryl methyl sites for hydroxylation is 3. The van der Waals surface area contributed by atoms with E-state index in [0.717, 1.165) is 53.3 Å². The number of aromatic nitrogens is 2. The lowest BCUT2D eigenvalue weighted by Crippen LogP contribution is -2.24. The third-order valence-corrected chi connectivity index (χ3v) is 7.04. The van der Waals surface area contributed by atoms with Gasteiger partial charge in [-0.05, 0) is 79.8 Å². The molecule has 0 radical (unpaired) electrons. The van der Waals surface area contributed by atoms with Crippen LogP contribution in [0.1, 0.15) is 47.7 Å². The highest BCUT2D eigenvalue weighted by Gasteiger charge is 2.33. The highest BCUT2D eigenvalue weighted by molar-refractivity contribution is 5.81. The van der Waals surface area contributed by atoms with Crippen molar-refractivity contribution in [2.24, 2.45) is 0 Å². The van der Waals surface area contributed by atoms with Gasteiger partial charge in [0.25, 0.3) is 0 Å². The van der Waals surface area contributed by atoms with E-state index in [-0.39, 0.29) is 11.8 Å². The topological polar surface area (TPSA) is 56.6 Å². The zero-order valence-electron chi connectivity index (χ0n) is 21.9. The van der Waals surface area contributed by atoms with Crippen molar-refractivity contribution in [1.82, 2.24) is 14.5 Å². The van der Waals surface area contributed by atoms with Gasteiger partial charge in [-0.15, -0.1) is 0 Å².